The summed E-state index contributed by atoms with van der Waals surface area (Å²) in [6.07, 6.45) is 4.30. The van der Waals surface area contributed by atoms with Gasteiger partial charge in [-0.1, -0.05) is 17.7 Å². The maximum atomic E-state index is 12.0. The fourth-order valence-electron chi connectivity index (χ4n) is 1.92. The van der Waals surface area contributed by atoms with Crippen LogP contribution < -0.4 is 0 Å². The molecule has 1 aromatic heterocycles. The zero-order chi connectivity index (χ0) is 14.3. The molecular formula is C13H10ClN3O2S. The Morgan fingerprint density at radius 3 is 2.75 bits per heavy atom. The Hall–Kier alpha value is -1.84. The summed E-state index contributed by atoms with van der Waals surface area (Å²) in [6, 6.07) is 6.86. The third-order valence-electron chi connectivity index (χ3n) is 3.18. The third kappa shape index (κ3) is 2.19. The van der Waals surface area contributed by atoms with Gasteiger partial charge in [0.2, 0.25) is 0 Å². The second-order valence-corrected chi connectivity index (χ2v) is 7.13. The average Bonchev–Trinajstić information content (AvgIpc) is 3.17. The molecule has 5 nitrogen and oxygen atoms in total. The van der Waals surface area contributed by atoms with Crippen molar-refractivity contribution in [1.82, 2.24) is 9.19 Å². The Morgan fingerprint density at radius 2 is 2.15 bits per heavy atom. The van der Waals surface area contributed by atoms with Crippen molar-refractivity contribution in [3.8, 4) is 17.2 Å². The highest BCUT2D eigenvalue weighted by molar-refractivity contribution is 7.90. The van der Waals surface area contributed by atoms with Gasteiger partial charge in [0, 0.05) is 16.1 Å². The van der Waals surface area contributed by atoms with Crippen LogP contribution in [0.2, 0.25) is 5.02 Å². The highest BCUT2D eigenvalue weighted by Crippen LogP contribution is 2.32. The van der Waals surface area contributed by atoms with E-state index in [0.717, 1.165) is 4.09 Å². The van der Waals surface area contributed by atoms with Crippen molar-refractivity contribution in [3.05, 3.63) is 41.2 Å². The molecule has 1 aliphatic carbocycles. The number of benzene rings is 1. The fraction of sp³-hybridized carbons (Fsp3) is 0.231. The molecule has 0 N–H and O–H groups in total. The van der Waals surface area contributed by atoms with E-state index in [4.69, 9.17) is 16.9 Å². The number of nitriles is 1. The summed E-state index contributed by atoms with van der Waals surface area (Å²) in [5, 5.41) is 12.8. The number of rotatable bonds is 3. The monoisotopic (exact) mass is 307 g/mol. The highest BCUT2D eigenvalue weighted by atomic mass is 35.5. The molecule has 20 heavy (non-hydrogen) atoms. The SMILES string of the molecule is N#Cc1ccc(-c2cnn(S(=O)(=O)C3CC3)c2)c(Cl)c1. The average molecular weight is 308 g/mol. The summed E-state index contributed by atoms with van der Waals surface area (Å²) < 4.78 is 25.1. The molecule has 102 valence electrons. The molecule has 0 amide bonds. The lowest BCUT2D eigenvalue weighted by Gasteiger charge is -2.02. The molecule has 0 radical (unpaired) electrons. The first-order valence-electron chi connectivity index (χ1n) is 6.01. The van der Waals surface area contributed by atoms with E-state index in [9.17, 15) is 8.42 Å². The maximum Gasteiger partial charge on any atom is 0.256 e. The lowest BCUT2D eigenvalue weighted by atomic mass is 10.1. The van der Waals surface area contributed by atoms with Crippen molar-refractivity contribution in [1.29, 1.82) is 5.26 Å². The van der Waals surface area contributed by atoms with Gasteiger partial charge >= 0.3 is 0 Å². The number of hydrogen-bond acceptors (Lipinski definition) is 4. The molecular weight excluding hydrogens is 298 g/mol. The highest BCUT2D eigenvalue weighted by Gasteiger charge is 2.37. The van der Waals surface area contributed by atoms with Gasteiger partial charge in [0.05, 0.1) is 29.3 Å². The van der Waals surface area contributed by atoms with Crippen LogP contribution in [0.1, 0.15) is 18.4 Å². The Kier molecular flexibility index (Phi) is 3.04. The smallest absolute Gasteiger partial charge is 0.204 e. The van der Waals surface area contributed by atoms with Crippen LogP contribution in [0.3, 0.4) is 0 Å². The van der Waals surface area contributed by atoms with Crippen LogP contribution in [0.25, 0.3) is 11.1 Å². The predicted molar refractivity (Wildman–Crippen MR) is 74.7 cm³/mol. The van der Waals surface area contributed by atoms with E-state index in [1.807, 2.05) is 6.07 Å². The van der Waals surface area contributed by atoms with Gasteiger partial charge in [-0.2, -0.15) is 14.4 Å². The van der Waals surface area contributed by atoms with Gasteiger partial charge in [0.15, 0.2) is 0 Å². The van der Waals surface area contributed by atoms with Gasteiger partial charge in [-0.25, -0.2) is 8.42 Å². The Bertz CT molecular complexity index is 816. The third-order valence-corrected chi connectivity index (χ3v) is 5.52. The molecule has 1 fully saturated rings. The molecule has 7 heteroatoms. The van der Waals surface area contributed by atoms with E-state index in [1.54, 1.807) is 18.2 Å². The van der Waals surface area contributed by atoms with Gasteiger partial charge in [-0.05, 0) is 25.0 Å². The summed E-state index contributed by atoms with van der Waals surface area (Å²) in [5.41, 5.74) is 1.73. The van der Waals surface area contributed by atoms with Crippen LogP contribution in [0, 0.1) is 11.3 Å². The van der Waals surface area contributed by atoms with Crippen molar-refractivity contribution < 1.29 is 8.42 Å². The van der Waals surface area contributed by atoms with Gasteiger partial charge < -0.3 is 0 Å². The van der Waals surface area contributed by atoms with Crippen LogP contribution in [0.4, 0.5) is 0 Å². The Labute approximate surface area is 121 Å². The number of halogens is 1. The summed E-state index contributed by atoms with van der Waals surface area (Å²) in [6.45, 7) is 0. The molecule has 0 saturated heterocycles. The Morgan fingerprint density at radius 1 is 1.40 bits per heavy atom. The van der Waals surface area contributed by atoms with E-state index in [2.05, 4.69) is 5.10 Å². The number of hydrogen-bond donors (Lipinski definition) is 0. The number of aromatic nitrogens is 2. The molecule has 1 aromatic carbocycles. The van der Waals surface area contributed by atoms with Crippen LogP contribution in [0.15, 0.2) is 30.6 Å². The van der Waals surface area contributed by atoms with E-state index in [-0.39, 0.29) is 5.25 Å². The van der Waals surface area contributed by atoms with Crippen LogP contribution in [-0.4, -0.2) is 22.9 Å². The normalized spacial score (nSPS) is 15.0. The lowest BCUT2D eigenvalue weighted by molar-refractivity contribution is 0.578. The van der Waals surface area contributed by atoms with E-state index in [1.165, 1.54) is 12.4 Å². The van der Waals surface area contributed by atoms with Gasteiger partial charge in [-0.3, -0.25) is 0 Å². The summed E-state index contributed by atoms with van der Waals surface area (Å²) >= 11 is 6.10. The Balaban J connectivity index is 2.01. The summed E-state index contributed by atoms with van der Waals surface area (Å²) in [4.78, 5) is 0. The molecule has 3 rings (SSSR count). The van der Waals surface area contributed by atoms with E-state index < -0.39 is 10.0 Å². The first kappa shape index (κ1) is 13.2. The minimum absolute atomic E-state index is 0.313. The lowest BCUT2D eigenvalue weighted by Crippen LogP contribution is -2.17. The second-order valence-electron chi connectivity index (χ2n) is 4.65. The molecule has 0 bridgehead atoms. The van der Waals surface area contributed by atoms with Crippen LogP contribution in [-0.2, 0) is 10.0 Å². The van der Waals surface area contributed by atoms with Crippen LogP contribution >= 0.6 is 11.6 Å². The van der Waals surface area contributed by atoms with Crippen molar-refractivity contribution >= 4 is 21.6 Å². The zero-order valence-electron chi connectivity index (χ0n) is 10.3. The number of nitrogens with zero attached hydrogens (tertiary/aromatic N) is 3. The van der Waals surface area contributed by atoms with Gasteiger partial charge in [-0.15, -0.1) is 0 Å². The first-order chi connectivity index (χ1) is 9.52. The van der Waals surface area contributed by atoms with E-state index >= 15 is 0 Å². The minimum atomic E-state index is -3.37. The summed E-state index contributed by atoms with van der Waals surface area (Å²) in [5.74, 6) is 0. The maximum absolute atomic E-state index is 12.0. The molecule has 0 spiro atoms. The zero-order valence-corrected chi connectivity index (χ0v) is 11.9. The molecule has 1 saturated carbocycles. The largest absolute Gasteiger partial charge is 0.256 e. The fourth-order valence-corrected chi connectivity index (χ4v) is 3.69. The van der Waals surface area contributed by atoms with Crippen molar-refractivity contribution in [3.63, 3.8) is 0 Å². The van der Waals surface area contributed by atoms with Crippen molar-refractivity contribution in [2.75, 3.05) is 0 Å². The standard InChI is InChI=1S/C13H10ClN3O2S/c14-13-5-9(6-15)1-4-12(13)10-7-16-17(8-10)20(18,19)11-2-3-11/h1,4-5,7-8,11H,2-3H2. The topological polar surface area (TPSA) is 75.8 Å². The summed E-state index contributed by atoms with van der Waals surface area (Å²) in [7, 11) is -3.37. The molecule has 0 atom stereocenters. The molecule has 0 aliphatic heterocycles. The predicted octanol–water partition coefficient (Wildman–Crippen LogP) is 2.42. The van der Waals surface area contributed by atoms with Gasteiger partial charge in [0.25, 0.3) is 10.0 Å². The quantitative estimate of drug-likeness (QED) is 0.872. The van der Waals surface area contributed by atoms with Crippen molar-refractivity contribution in [2.24, 2.45) is 0 Å². The molecule has 1 heterocycles. The first-order valence-corrected chi connectivity index (χ1v) is 7.89. The van der Waals surface area contributed by atoms with Crippen LogP contribution in [0.5, 0.6) is 0 Å². The van der Waals surface area contributed by atoms with Gasteiger partial charge in [0.1, 0.15) is 0 Å². The minimum Gasteiger partial charge on any atom is -0.204 e. The second kappa shape index (κ2) is 4.62. The van der Waals surface area contributed by atoms with E-state index in [0.29, 0.717) is 34.6 Å². The molecule has 2 aromatic rings. The molecule has 0 unspecified atom stereocenters. The van der Waals surface area contributed by atoms with Crippen molar-refractivity contribution in [2.45, 2.75) is 18.1 Å². The molecule has 1 aliphatic rings.